The Morgan fingerprint density at radius 3 is 1.70 bits per heavy atom. The van der Waals surface area contributed by atoms with Gasteiger partial charge in [0.2, 0.25) is 70.9 Å². The quantitative estimate of drug-likeness (QED) is 0.0269. The predicted octanol–water partition coefficient (Wildman–Crippen LogP) is 3.34. The molecule has 7 atom stereocenters. The van der Waals surface area contributed by atoms with Crippen LogP contribution in [0.15, 0.2) is 110 Å². The van der Waals surface area contributed by atoms with Gasteiger partial charge in [0.25, 0.3) is 0 Å². The fourth-order valence-corrected chi connectivity index (χ4v) is 15.6. The van der Waals surface area contributed by atoms with Gasteiger partial charge in [0, 0.05) is 167 Å². The largest absolute Gasteiger partial charge is 0.508 e. The second-order valence-electron chi connectivity index (χ2n) is 29.9. The second-order valence-corrected chi connectivity index (χ2v) is 32.1. The molecule has 0 saturated carbocycles. The van der Waals surface area contributed by atoms with E-state index in [1.807, 2.05) is 24.3 Å². The van der Waals surface area contributed by atoms with Crippen molar-refractivity contribution >= 4 is 122 Å². The number of aliphatic carboxylic acids is 1. The third-order valence-electron chi connectivity index (χ3n) is 20.4. The van der Waals surface area contributed by atoms with Crippen LogP contribution in [0.3, 0.4) is 0 Å². The van der Waals surface area contributed by atoms with Crippen LogP contribution in [0.5, 0.6) is 5.75 Å². The number of imidazole rings is 1. The molecule has 5 heterocycles. The first kappa shape index (κ1) is 94.4. The van der Waals surface area contributed by atoms with Gasteiger partial charge in [-0.25, -0.2) is 13.8 Å². The molecule has 12 amide bonds. The summed E-state index contributed by atoms with van der Waals surface area (Å²) in [5.74, 6) is -9.83. The lowest BCUT2D eigenvalue weighted by molar-refractivity contribution is -0.146. The number of phenols is 1. The zero-order chi connectivity index (χ0) is 87.3. The topological polar surface area (TPSA) is 486 Å². The van der Waals surface area contributed by atoms with Gasteiger partial charge in [0.15, 0.2) is 0 Å². The van der Waals surface area contributed by atoms with Crippen LogP contribution in [0.1, 0.15) is 118 Å². The Bertz CT molecular complexity index is 4710. The number of benzene rings is 4. The number of unbranched alkanes of at least 4 members (excludes halogenated alkanes) is 1. The van der Waals surface area contributed by atoms with Crippen LogP contribution in [0.4, 0.5) is 8.78 Å². The Morgan fingerprint density at radius 2 is 1.11 bits per heavy atom. The van der Waals surface area contributed by atoms with Gasteiger partial charge in [0.05, 0.1) is 45.7 Å². The number of carboxylic acid groups (broad SMARTS) is 1. The van der Waals surface area contributed by atoms with Crippen molar-refractivity contribution in [3.05, 3.63) is 155 Å². The van der Waals surface area contributed by atoms with E-state index in [0.29, 0.717) is 123 Å². The summed E-state index contributed by atoms with van der Waals surface area (Å²) in [5, 5.41) is 50.8. The maximum Gasteiger partial charge on any atom is 0.305 e. The fourth-order valence-electron chi connectivity index (χ4n) is 13.9. The molecule has 2 aliphatic rings. The summed E-state index contributed by atoms with van der Waals surface area (Å²) in [6.07, 6.45) is 5.23. The van der Waals surface area contributed by atoms with Gasteiger partial charge in [0.1, 0.15) is 59.2 Å². The molecule has 122 heavy (non-hydrogen) atoms. The molecular weight excluding hydrogens is 1620 g/mol. The number of nitrogens with zero attached hydrogens (tertiary/aromatic N) is 2. The van der Waals surface area contributed by atoms with Crippen LogP contribution < -0.4 is 58.5 Å². The molecule has 658 valence electrons. The number of nitrogens with one attached hydrogen (secondary N) is 14. The Morgan fingerprint density at radius 1 is 0.574 bits per heavy atom. The van der Waals surface area contributed by atoms with Crippen molar-refractivity contribution in [2.75, 3.05) is 90.4 Å². The lowest BCUT2D eigenvalue weighted by Crippen LogP contribution is -2.62. The maximum absolute atomic E-state index is 15.2. The number of hydrogen-bond acceptors (Lipinski definition) is 20. The number of phenolic OH excluding ortho intramolecular Hbond substituents is 1. The molecule has 2 aliphatic heterocycles. The number of aromatic amines is 3. The highest BCUT2D eigenvalue weighted by Crippen LogP contribution is 2.32. The van der Waals surface area contributed by atoms with Crippen LogP contribution >= 0.6 is 23.5 Å². The van der Waals surface area contributed by atoms with E-state index >= 15 is 28.0 Å². The lowest BCUT2D eigenvalue weighted by Gasteiger charge is -2.36. The Labute approximate surface area is 712 Å². The van der Waals surface area contributed by atoms with E-state index in [-0.39, 0.29) is 111 Å². The van der Waals surface area contributed by atoms with Crippen LogP contribution in [0, 0.1) is 11.6 Å². The van der Waals surface area contributed by atoms with Crippen molar-refractivity contribution in [2.24, 2.45) is 0 Å². The summed E-state index contributed by atoms with van der Waals surface area (Å²) >= 11 is 3.04. The maximum atomic E-state index is 15.2. The monoisotopic (exact) mass is 1730 g/mol. The molecule has 38 heteroatoms. The minimum Gasteiger partial charge on any atom is -0.508 e. The number of amides is 12. The SMILES string of the molecule is CC(=O)NCCCOCCOCCOCCCNC(=O)CCC(=O)NCCCC[C@@H]1NC(=O)CCSCc2cccc(c2)CSCCNC(=O)[C@]2(C)CCCN2C(=O)C(Cc2ccc(O)cc2)NC(=O)[C@H](Cc2cnc[nH]2)NC(=O)[C@H](CC(=O)O)NC(=O)[C@H](Cc2c[nH]c3ccc(F)cc23)NC(=O)[C@H](Cc2c[nH]c3ccc(F)cc23)NC(=O)CNC1=O. The molecule has 0 spiro atoms. The molecule has 0 radical (unpaired) electrons. The molecule has 1 saturated heterocycles. The number of hydrogen-bond donors (Lipinski definition) is 16. The molecule has 0 aliphatic carbocycles. The number of halogens is 2. The van der Waals surface area contributed by atoms with Crippen molar-refractivity contribution in [3.8, 4) is 5.75 Å². The zero-order valence-electron chi connectivity index (χ0n) is 68.2. The molecule has 34 nitrogen and oxygen atoms in total. The van der Waals surface area contributed by atoms with Crippen molar-refractivity contribution in [2.45, 2.75) is 163 Å². The molecule has 1 unspecified atom stereocenters. The number of aromatic hydroxyl groups is 1. The molecule has 1 fully saturated rings. The molecular formula is C84H108F2N16O18S2. The summed E-state index contributed by atoms with van der Waals surface area (Å²) in [6.45, 7) is 6.01. The summed E-state index contributed by atoms with van der Waals surface area (Å²) in [6, 6.07) is 11.4. The summed E-state index contributed by atoms with van der Waals surface area (Å²) in [7, 11) is 0. The molecule has 2 bridgehead atoms. The van der Waals surface area contributed by atoms with Crippen LogP contribution in [0.2, 0.25) is 0 Å². The van der Waals surface area contributed by atoms with Crippen LogP contribution in [-0.2, 0) is 114 Å². The Hall–Kier alpha value is -11.5. The minimum atomic E-state index is -2.05. The minimum absolute atomic E-state index is 0.0176. The Balaban J connectivity index is 0.923. The number of aromatic nitrogens is 4. The van der Waals surface area contributed by atoms with E-state index in [9.17, 15) is 53.4 Å². The van der Waals surface area contributed by atoms with E-state index < -0.39 is 144 Å². The van der Waals surface area contributed by atoms with Crippen molar-refractivity contribution in [1.29, 1.82) is 0 Å². The number of H-pyrrole nitrogens is 3. The molecule has 3 aromatic heterocycles. The first-order valence-electron chi connectivity index (χ1n) is 40.7. The Kier molecular flexibility index (Phi) is 37.8. The van der Waals surface area contributed by atoms with Gasteiger partial charge in [-0.2, -0.15) is 23.5 Å². The molecule has 16 N–H and O–H groups in total. The molecule has 7 aromatic rings. The average molecular weight is 1730 g/mol. The summed E-state index contributed by atoms with van der Waals surface area (Å²) in [4.78, 5) is 196. The van der Waals surface area contributed by atoms with Crippen molar-refractivity contribution < 1.29 is 95.5 Å². The van der Waals surface area contributed by atoms with Gasteiger partial charge >= 0.3 is 5.97 Å². The number of thioether (sulfide) groups is 2. The zero-order valence-corrected chi connectivity index (χ0v) is 69.8. The van der Waals surface area contributed by atoms with E-state index in [0.717, 1.165) is 17.2 Å². The number of rotatable bonds is 32. The van der Waals surface area contributed by atoms with Crippen LogP contribution in [-0.4, -0.2) is 244 Å². The second kappa shape index (κ2) is 48.8. The molecule has 9 rings (SSSR count). The lowest BCUT2D eigenvalue weighted by atomic mass is 9.95. The predicted molar refractivity (Wildman–Crippen MR) is 450 cm³/mol. The van der Waals surface area contributed by atoms with E-state index in [2.05, 4.69) is 78.4 Å². The van der Waals surface area contributed by atoms with Gasteiger partial charge in [-0.15, -0.1) is 0 Å². The van der Waals surface area contributed by atoms with Crippen molar-refractivity contribution in [3.63, 3.8) is 0 Å². The first-order valence-corrected chi connectivity index (χ1v) is 43.0. The van der Waals surface area contributed by atoms with Crippen molar-refractivity contribution in [1.82, 2.24) is 83.3 Å². The normalized spacial score (nSPS) is 20.1. The third kappa shape index (κ3) is 30.9. The number of carbonyl (C=O) groups is 13. The fraction of sp³-hybridized carbons (Fsp3) is 0.476. The van der Waals surface area contributed by atoms with Gasteiger partial charge in [-0.1, -0.05) is 36.4 Å². The highest BCUT2D eigenvalue weighted by Gasteiger charge is 2.48. The molecule has 4 aromatic carbocycles. The third-order valence-corrected chi connectivity index (χ3v) is 22.5. The summed E-state index contributed by atoms with van der Waals surface area (Å²) in [5.41, 5.74) is 2.66. The van der Waals surface area contributed by atoms with Gasteiger partial charge < -0.3 is 103 Å². The number of fused-ring (bicyclic) bond motifs is 5. The smallest absolute Gasteiger partial charge is 0.305 e. The van der Waals surface area contributed by atoms with Gasteiger partial charge in [-0.05, 0) is 128 Å². The highest BCUT2D eigenvalue weighted by atomic mass is 32.2. The first-order chi connectivity index (χ1) is 58.8. The highest BCUT2D eigenvalue weighted by molar-refractivity contribution is 7.98. The number of carboxylic acids is 1. The number of ether oxygens (including phenoxy) is 3. The van der Waals surface area contributed by atoms with Gasteiger partial charge in [-0.3, -0.25) is 62.3 Å². The van der Waals surface area contributed by atoms with E-state index in [4.69, 9.17) is 14.2 Å². The summed E-state index contributed by atoms with van der Waals surface area (Å²) < 4.78 is 46.6. The average Bonchev–Trinajstić information content (AvgIpc) is 1.56. The number of carbonyl (C=O) groups excluding carboxylic acids is 12. The van der Waals surface area contributed by atoms with E-state index in [1.54, 1.807) is 30.8 Å². The standard InChI is InChI=1S/C84H108F2N16O18S2/c1-52(103)88-25-7-29-118-31-33-120-34-32-119-30-8-26-90-73(106)21-20-72(105)89-24-4-3-11-66-77(111)94-48-75(108)97-67(39-56-45-92-64-18-14-58(85)41-62(56)64)78(112)98-68(40-57-46-93-65-19-15-59(86)42-63(57)65)79(113)100-70(44-76(109)110)81(115)99-69(43-60-47-87-51-95-60)80(114)101-71(38-53-12-16-61(104)17-13-53)82(116)102-28-6-23-84(102,2)83(117)91-27-36-122-50-55-10-5-9-54(37-55)49-121-35-22-74(107)96-66/h5,9-10,12-19,37,41-42,45-47,51,66-71,92-93,104H,3-4,6-8,11,20-36,38-40,43-44,48-50H2,1-2H3,(H,87,95)(H,88,103)(H,89,105)(H,90,106)(H,91,117)(H,94,111)(H,96,107)(H,97,108)(H,98,112)(H,99,115)(H,100,113)(H,101,114)(H,109,110)/t66-,67-,68-,69-,70-,71?,84-/m0/s1. The van der Waals surface area contributed by atoms with Crippen LogP contribution in [0.25, 0.3) is 21.8 Å². The van der Waals surface area contributed by atoms with E-state index in [1.165, 1.54) is 91.0 Å².